The third-order valence-corrected chi connectivity index (χ3v) is 5.59. The zero-order valence-corrected chi connectivity index (χ0v) is 13.9. The third-order valence-electron chi connectivity index (χ3n) is 5.59. The van der Waals surface area contributed by atoms with Gasteiger partial charge in [0, 0.05) is 11.8 Å². The molecule has 0 spiro atoms. The van der Waals surface area contributed by atoms with E-state index >= 15 is 0 Å². The van der Waals surface area contributed by atoms with Gasteiger partial charge in [-0.1, -0.05) is 71.3 Å². The molecule has 0 saturated heterocycles. The molecular formula is C23H20. The Balaban J connectivity index is 1.90. The Morgan fingerprint density at radius 2 is 0.739 bits per heavy atom. The maximum Gasteiger partial charge on any atom is 0.0349 e. The van der Waals surface area contributed by atoms with Crippen molar-refractivity contribution in [1.82, 2.24) is 0 Å². The van der Waals surface area contributed by atoms with Crippen molar-refractivity contribution in [3.63, 3.8) is 0 Å². The lowest BCUT2D eigenvalue weighted by Crippen LogP contribution is -2.27. The summed E-state index contributed by atoms with van der Waals surface area (Å²) < 4.78 is 0. The number of hydrogen-bond acceptors (Lipinski definition) is 0. The molecule has 0 heterocycles. The summed E-state index contributed by atoms with van der Waals surface area (Å²) >= 11 is 0. The first-order valence-corrected chi connectivity index (χ1v) is 8.45. The summed E-state index contributed by atoms with van der Waals surface area (Å²) in [7, 11) is 0. The van der Waals surface area contributed by atoms with E-state index in [0.717, 1.165) is 0 Å². The lowest BCUT2D eigenvalue weighted by Gasteiger charge is -2.42. The lowest BCUT2D eigenvalue weighted by molar-refractivity contribution is 0.751. The van der Waals surface area contributed by atoms with Crippen molar-refractivity contribution < 1.29 is 0 Å². The topological polar surface area (TPSA) is 0 Å². The van der Waals surface area contributed by atoms with Crippen LogP contribution in [-0.2, 0) is 0 Å². The van der Waals surface area contributed by atoms with Gasteiger partial charge in [0.05, 0.1) is 0 Å². The van der Waals surface area contributed by atoms with Gasteiger partial charge < -0.3 is 0 Å². The first kappa shape index (κ1) is 13.1. The van der Waals surface area contributed by atoms with E-state index in [0.29, 0.717) is 11.8 Å². The fraction of sp³-hybridized carbons (Fsp3) is 0.217. The van der Waals surface area contributed by atoms with E-state index in [9.17, 15) is 0 Å². The summed E-state index contributed by atoms with van der Waals surface area (Å²) in [6.45, 7) is 6.61. The molecule has 0 unspecified atom stereocenters. The molecule has 0 amide bonds. The Morgan fingerprint density at radius 3 is 1.09 bits per heavy atom. The molecule has 0 saturated carbocycles. The van der Waals surface area contributed by atoms with Gasteiger partial charge in [-0.2, -0.15) is 0 Å². The van der Waals surface area contributed by atoms with E-state index in [2.05, 4.69) is 75.4 Å². The maximum atomic E-state index is 2.40. The predicted octanol–water partition coefficient (Wildman–Crippen LogP) is 5.60. The minimum atomic E-state index is 0.403. The van der Waals surface area contributed by atoms with Gasteiger partial charge in [0.25, 0.3) is 0 Å². The minimum Gasteiger partial charge on any atom is -0.0590 e. The Bertz CT molecular complexity index is 908. The summed E-state index contributed by atoms with van der Waals surface area (Å²) in [5.41, 5.74) is 13.2. The van der Waals surface area contributed by atoms with E-state index in [4.69, 9.17) is 0 Å². The van der Waals surface area contributed by atoms with E-state index < -0.39 is 0 Å². The molecule has 0 nitrogen and oxygen atoms in total. The van der Waals surface area contributed by atoms with Crippen molar-refractivity contribution in [2.24, 2.45) is 0 Å². The molecule has 0 aromatic heterocycles. The van der Waals surface area contributed by atoms with Crippen molar-refractivity contribution in [2.45, 2.75) is 32.6 Å². The maximum absolute atomic E-state index is 2.40. The highest BCUT2D eigenvalue weighted by atomic mass is 14.4. The van der Waals surface area contributed by atoms with Gasteiger partial charge in [-0.25, -0.2) is 0 Å². The van der Waals surface area contributed by atoms with Crippen molar-refractivity contribution in [2.75, 3.05) is 0 Å². The monoisotopic (exact) mass is 296 g/mol. The summed E-state index contributed by atoms with van der Waals surface area (Å²) in [6.07, 6.45) is 0. The molecule has 3 aromatic rings. The van der Waals surface area contributed by atoms with Crippen molar-refractivity contribution in [3.8, 4) is 0 Å². The fourth-order valence-corrected chi connectivity index (χ4v) is 4.63. The molecule has 0 fully saturated rings. The highest BCUT2D eigenvalue weighted by molar-refractivity contribution is 5.68. The van der Waals surface area contributed by atoms with Crippen LogP contribution in [0.5, 0.6) is 0 Å². The van der Waals surface area contributed by atoms with Crippen LogP contribution in [0, 0.1) is 20.8 Å². The number of rotatable bonds is 0. The van der Waals surface area contributed by atoms with Crippen LogP contribution in [0.3, 0.4) is 0 Å². The predicted molar refractivity (Wildman–Crippen MR) is 95.4 cm³/mol. The summed E-state index contributed by atoms with van der Waals surface area (Å²) in [5.74, 6) is 0.807. The number of benzene rings is 3. The average molecular weight is 296 g/mol. The molecule has 112 valence electrons. The molecule has 23 heavy (non-hydrogen) atoms. The smallest absolute Gasteiger partial charge is 0.0349 e. The molecular weight excluding hydrogens is 276 g/mol. The second-order valence-corrected chi connectivity index (χ2v) is 7.26. The second-order valence-electron chi connectivity index (χ2n) is 7.26. The van der Waals surface area contributed by atoms with E-state index in [-0.39, 0.29) is 0 Å². The highest BCUT2D eigenvalue weighted by Crippen LogP contribution is 2.55. The Hall–Kier alpha value is -2.34. The second kappa shape index (κ2) is 4.35. The van der Waals surface area contributed by atoms with Gasteiger partial charge >= 0.3 is 0 Å². The van der Waals surface area contributed by atoms with Crippen LogP contribution < -0.4 is 0 Å². The molecule has 0 heteroatoms. The van der Waals surface area contributed by atoms with Crippen LogP contribution in [0.4, 0.5) is 0 Å². The van der Waals surface area contributed by atoms with Gasteiger partial charge in [-0.05, 0) is 54.2 Å². The first-order chi connectivity index (χ1) is 11.1. The van der Waals surface area contributed by atoms with Crippen molar-refractivity contribution >= 4 is 0 Å². The van der Waals surface area contributed by atoms with Gasteiger partial charge in [0.15, 0.2) is 0 Å². The van der Waals surface area contributed by atoms with Gasteiger partial charge in [0.2, 0.25) is 0 Å². The SMILES string of the molecule is Cc1ccc2c(c1)C1c3ccc(C)cc3C2c2cc(C)ccc21. The van der Waals surface area contributed by atoms with Crippen LogP contribution >= 0.6 is 0 Å². The van der Waals surface area contributed by atoms with Gasteiger partial charge in [0.1, 0.15) is 0 Å². The number of aryl methyl sites for hydroxylation is 3. The number of hydrogen-bond donors (Lipinski definition) is 0. The molecule has 6 rings (SSSR count). The van der Waals surface area contributed by atoms with Crippen molar-refractivity contribution in [1.29, 1.82) is 0 Å². The molecule has 3 aliphatic carbocycles. The molecule has 0 atom stereocenters. The Labute approximate surface area is 137 Å². The van der Waals surface area contributed by atoms with E-state index in [1.165, 1.54) is 50.1 Å². The largest absolute Gasteiger partial charge is 0.0590 e. The summed E-state index contributed by atoms with van der Waals surface area (Å²) in [6, 6.07) is 21.1. The fourth-order valence-electron chi connectivity index (χ4n) is 4.63. The standard InChI is InChI=1S/C23H20/c1-13-6-9-18-19(10-13)22-16-7-4-14(2)11-20(16)23(18)21-12-15(3)5-8-17(21)22/h4-12,22-23H,1-3H3. The quantitative estimate of drug-likeness (QED) is 0.349. The van der Waals surface area contributed by atoms with Gasteiger partial charge in [-0.3, -0.25) is 0 Å². The normalized spacial score (nSPS) is 20.0. The molecule has 3 aromatic carbocycles. The summed E-state index contributed by atoms with van der Waals surface area (Å²) in [5, 5.41) is 0. The van der Waals surface area contributed by atoms with Crippen LogP contribution in [0.2, 0.25) is 0 Å². The first-order valence-electron chi connectivity index (χ1n) is 8.45. The zero-order chi connectivity index (χ0) is 15.7. The van der Waals surface area contributed by atoms with E-state index in [1.54, 1.807) is 0 Å². The Morgan fingerprint density at radius 1 is 0.435 bits per heavy atom. The molecule has 0 radical (unpaired) electrons. The lowest BCUT2D eigenvalue weighted by atomic mass is 9.60. The third kappa shape index (κ3) is 1.67. The molecule has 0 aliphatic heterocycles. The Kier molecular flexibility index (Phi) is 2.48. The zero-order valence-electron chi connectivity index (χ0n) is 13.9. The molecule has 2 bridgehead atoms. The van der Waals surface area contributed by atoms with Crippen LogP contribution in [0.15, 0.2) is 54.6 Å². The van der Waals surface area contributed by atoms with E-state index in [1.807, 2.05) is 0 Å². The van der Waals surface area contributed by atoms with Crippen LogP contribution in [-0.4, -0.2) is 0 Å². The minimum absolute atomic E-state index is 0.403. The molecule has 0 N–H and O–H groups in total. The van der Waals surface area contributed by atoms with Crippen LogP contribution in [0.1, 0.15) is 61.9 Å². The molecule has 3 aliphatic rings. The van der Waals surface area contributed by atoms with Crippen LogP contribution in [0.25, 0.3) is 0 Å². The van der Waals surface area contributed by atoms with Gasteiger partial charge in [-0.15, -0.1) is 0 Å². The highest BCUT2D eigenvalue weighted by Gasteiger charge is 2.41. The average Bonchev–Trinajstić information content (AvgIpc) is 2.53. The summed E-state index contributed by atoms with van der Waals surface area (Å²) in [4.78, 5) is 0. The van der Waals surface area contributed by atoms with Crippen molar-refractivity contribution in [3.05, 3.63) is 105 Å².